The summed E-state index contributed by atoms with van der Waals surface area (Å²) < 4.78 is 33.8. The molecule has 1 aromatic heterocycles. The summed E-state index contributed by atoms with van der Waals surface area (Å²) in [5, 5.41) is 10.1. The van der Waals surface area contributed by atoms with Gasteiger partial charge in [-0.15, -0.1) is 0 Å². The van der Waals surface area contributed by atoms with Crippen LogP contribution in [0, 0.1) is 6.92 Å². The van der Waals surface area contributed by atoms with Gasteiger partial charge in [-0.3, -0.25) is 19.8 Å². The predicted octanol–water partition coefficient (Wildman–Crippen LogP) is 2.24. The zero-order valence-corrected chi connectivity index (χ0v) is 20.9. The van der Waals surface area contributed by atoms with Gasteiger partial charge in [-0.05, 0) is 49.7 Å². The first-order chi connectivity index (χ1) is 17.2. The Morgan fingerprint density at radius 2 is 1.86 bits per heavy atom. The quantitative estimate of drug-likeness (QED) is 0.383. The number of pyridine rings is 1. The molecule has 2 aromatic carbocycles. The van der Waals surface area contributed by atoms with Gasteiger partial charge >= 0.3 is 0 Å². The molecule has 2 heterocycles. The lowest BCUT2D eigenvalue weighted by Crippen LogP contribution is -2.52. The molecule has 1 atom stereocenters. The van der Waals surface area contributed by atoms with Crippen molar-refractivity contribution in [1.82, 2.24) is 19.7 Å². The monoisotopic (exact) mass is 512 g/mol. The van der Waals surface area contributed by atoms with E-state index in [2.05, 4.69) is 4.98 Å². The Bertz CT molecular complexity index is 1380. The molecule has 0 radical (unpaired) electrons. The van der Waals surface area contributed by atoms with E-state index in [1.165, 1.54) is 29.4 Å². The summed E-state index contributed by atoms with van der Waals surface area (Å²) in [7, 11) is -3.96. The van der Waals surface area contributed by atoms with E-state index in [1.54, 1.807) is 12.1 Å². The molecule has 0 aliphatic carbocycles. The second kappa shape index (κ2) is 10.6. The minimum atomic E-state index is -3.96. The number of hydrogen-bond acceptors (Lipinski definition) is 7. The van der Waals surface area contributed by atoms with E-state index in [-0.39, 0.29) is 30.4 Å². The standard InChI is InChI=1S/C25H28N4O6S/c1-17-14-19(22-6-3-4-7-23(22)26-17)16-35-20-8-10-21(11-9-20)36(33,34)28-12-5-13-29(18(2)30)24(15-28)25(31)27-32/h3-4,6-11,14,24,32H,5,12-13,15-16H2,1-2H3,(H,27,31). The molecule has 1 aliphatic heterocycles. The zero-order chi connectivity index (χ0) is 25.9. The third-order valence-corrected chi connectivity index (χ3v) is 8.04. The maximum atomic E-state index is 13.3. The fourth-order valence-corrected chi connectivity index (χ4v) is 5.87. The number of sulfonamides is 1. The number of nitrogens with zero attached hydrogens (tertiary/aromatic N) is 3. The van der Waals surface area contributed by atoms with Crippen LogP contribution in [0.4, 0.5) is 0 Å². The second-order valence-electron chi connectivity index (χ2n) is 8.62. The summed E-state index contributed by atoms with van der Waals surface area (Å²) in [6, 6.07) is 14.7. The molecule has 10 nitrogen and oxygen atoms in total. The van der Waals surface area contributed by atoms with Crippen LogP contribution in [0.5, 0.6) is 5.75 Å². The molecule has 0 bridgehead atoms. The average molecular weight is 513 g/mol. The molecular weight excluding hydrogens is 484 g/mol. The smallest absolute Gasteiger partial charge is 0.267 e. The highest BCUT2D eigenvalue weighted by atomic mass is 32.2. The van der Waals surface area contributed by atoms with E-state index in [4.69, 9.17) is 9.94 Å². The lowest BCUT2D eigenvalue weighted by molar-refractivity contribution is -0.143. The summed E-state index contributed by atoms with van der Waals surface area (Å²) >= 11 is 0. The second-order valence-corrected chi connectivity index (χ2v) is 10.6. The van der Waals surface area contributed by atoms with E-state index < -0.39 is 22.0 Å². The van der Waals surface area contributed by atoms with Crippen molar-refractivity contribution in [2.45, 2.75) is 37.8 Å². The number of carbonyl (C=O) groups is 2. The summed E-state index contributed by atoms with van der Waals surface area (Å²) in [6.45, 7) is 3.59. The fraction of sp³-hybridized carbons (Fsp3) is 0.320. The van der Waals surface area contributed by atoms with Crippen LogP contribution in [0.2, 0.25) is 0 Å². The van der Waals surface area contributed by atoms with Gasteiger partial charge in [0.05, 0.1) is 10.4 Å². The van der Waals surface area contributed by atoms with E-state index in [9.17, 15) is 18.0 Å². The molecule has 3 aromatic rings. The van der Waals surface area contributed by atoms with Crippen molar-refractivity contribution in [2.24, 2.45) is 0 Å². The normalized spacial score (nSPS) is 17.0. The van der Waals surface area contributed by atoms with Gasteiger partial charge in [0.2, 0.25) is 15.9 Å². The number of hydroxylamine groups is 1. The SMILES string of the molecule is CC(=O)N1CCCN(S(=O)(=O)c2ccc(OCc3cc(C)nc4ccccc34)cc2)CC1C(=O)NO. The number of aryl methyl sites for hydroxylation is 1. The lowest BCUT2D eigenvalue weighted by Gasteiger charge is -2.29. The highest BCUT2D eigenvalue weighted by Gasteiger charge is 2.36. The maximum Gasteiger partial charge on any atom is 0.267 e. The van der Waals surface area contributed by atoms with E-state index in [1.807, 2.05) is 37.3 Å². The molecule has 1 fully saturated rings. The number of aromatic nitrogens is 1. The van der Waals surface area contributed by atoms with Crippen LogP contribution in [0.25, 0.3) is 10.9 Å². The van der Waals surface area contributed by atoms with E-state index >= 15 is 0 Å². The van der Waals surface area contributed by atoms with Crippen molar-refractivity contribution in [3.05, 3.63) is 65.9 Å². The minimum absolute atomic E-state index is 0.0412. The molecule has 4 rings (SSSR count). The number of amides is 2. The number of carbonyl (C=O) groups excluding carboxylic acids is 2. The van der Waals surface area contributed by atoms with Crippen LogP contribution in [0.1, 0.15) is 24.6 Å². The van der Waals surface area contributed by atoms with Gasteiger partial charge < -0.3 is 9.64 Å². The Balaban J connectivity index is 1.51. The molecule has 2 amide bonds. The Morgan fingerprint density at radius 3 is 2.56 bits per heavy atom. The Labute approximate surface area is 209 Å². The van der Waals surface area contributed by atoms with Crippen LogP contribution in [0.3, 0.4) is 0 Å². The summed E-state index contributed by atoms with van der Waals surface area (Å²) in [6.07, 6.45) is 0.356. The Kier molecular flexibility index (Phi) is 7.53. The molecule has 0 spiro atoms. The molecule has 11 heteroatoms. The third kappa shape index (κ3) is 5.32. The van der Waals surface area contributed by atoms with Crippen molar-refractivity contribution < 1.29 is 28.0 Å². The third-order valence-electron chi connectivity index (χ3n) is 6.16. The van der Waals surface area contributed by atoms with E-state index in [0.717, 1.165) is 26.5 Å². The van der Waals surface area contributed by atoms with Gasteiger partial charge in [-0.25, -0.2) is 13.9 Å². The van der Waals surface area contributed by atoms with Crippen LogP contribution in [0.15, 0.2) is 59.5 Å². The number of ether oxygens (including phenoxy) is 1. The van der Waals surface area contributed by atoms with Gasteiger partial charge in [0.1, 0.15) is 18.4 Å². The molecular formula is C25H28N4O6S. The highest BCUT2D eigenvalue weighted by molar-refractivity contribution is 7.89. The first kappa shape index (κ1) is 25.5. The summed E-state index contributed by atoms with van der Waals surface area (Å²) in [5.74, 6) is -0.708. The number of para-hydroxylation sites is 1. The number of benzene rings is 2. The molecule has 1 aliphatic rings. The Hall–Kier alpha value is -3.54. The topological polar surface area (TPSA) is 129 Å². The van der Waals surface area contributed by atoms with Crippen molar-refractivity contribution in [2.75, 3.05) is 19.6 Å². The molecule has 190 valence electrons. The average Bonchev–Trinajstić information content (AvgIpc) is 3.11. The number of hydrogen-bond donors (Lipinski definition) is 2. The maximum absolute atomic E-state index is 13.3. The first-order valence-corrected chi connectivity index (χ1v) is 12.9. The molecule has 2 N–H and O–H groups in total. The molecule has 1 unspecified atom stereocenters. The summed E-state index contributed by atoms with van der Waals surface area (Å²) in [4.78, 5) is 30.0. The van der Waals surface area contributed by atoms with E-state index in [0.29, 0.717) is 18.8 Å². The van der Waals surface area contributed by atoms with Crippen LogP contribution >= 0.6 is 0 Å². The van der Waals surface area contributed by atoms with Gasteiger partial charge in [-0.2, -0.15) is 4.31 Å². The minimum Gasteiger partial charge on any atom is -0.489 e. The van der Waals surface area contributed by atoms with Crippen molar-refractivity contribution in [3.8, 4) is 5.75 Å². The molecule has 0 saturated carbocycles. The van der Waals surface area contributed by atoms with Crippen LogP contribution in [-0.4, -0.2) is 65.3 Å². The summed E-state index contributed by atoms with van der Waals surface area (Å²) in [5.41, 5.74) is 4.27. The van der Waals surface area contributed by atoms with Gasteiger partial charge in [0.15, 0.2) is 0 Å². The van der Waals surface area contributed by atoms with Crippen molar-refractivity contribution in [1.29, 1.82) is 0 Å². The highest BCUT2D eigenvalue weighted by Crippen LogP contribution is 2.24. The zero-order valence-electron chi connectivity index (χ0n) is 20.0. The molecule has 36 heavy (non-hydrogen) atoms. The van der Waals surface area contributed by atoms with Crippen molar-refractivity contribution in [3.63, 3.8) is 0 Å². The number of nitrogens with one attached hydrogen (secondary N) is 1. The largest absolute Gasteiger partial charge is 0.489 e. The predicted molar refractivity (Wildman–Crippen MR) is 132 cm³/mol. The van der Waals surface area contributed by atoms with Crippen LogP contribution < -0.4 is 10.2 Å². The van der Waals surface area contributed by atoms with Crippen LogP contribution in [-0.2, 0) is 26.2 Å². The lowest BCUT2D eigenvalue weighted by atomic mass is 10.1. The fourth-order valence-electron chi connectivity index (χ4n) is 4.38. The number of fused-ring (bicyclic) bond motifs is 1. The van der Waals surface area contributed by atoms with Crippen molar-refractivity contribution >= 4 is 32.7 Å². The van der Waals surface area contributed by atoms with Gasteiger partial charge in [-0.1, -0.05) is 18.2 Å². The van der Waals surface area contributed by atoms with Gasteiger partial charge in [0, 0.05) is 43.2 Å². The first-order valence-electron chi connectivity index (χ1n) is 11.5. The molecule has 1 saturated heterocycles. The number of rotatable bonds is 6. The Morgan fingerprint density at radius 1 is 1.14 bits per heavy atom. The van der Waals surface area contributed by atoms with Gasteiger partial charge in [0.25, 0.3) is 5.91 Å².